The van der Waals surface area contributed by atoms with E-state index >= 15 is 0 Å². The third-order valence-corrected chi connectivity index (χ3v) is 4.93. The molecule has 0 radical (unpaired) electrons. The maximum absolute atomic E-state index is 12.5. The minimum atomic E-state index is -1.18. The van der Waals surface area contributed by atoms with Crippen molar-refractivity contribution in [2.45, 2.75) is 0 Å². The first-order valence-electron chi connectivity index (χ1n) is 8.55. The minimum absolute atomic E-state index is 0.0682. The van der Waals surface area contributed by atoms with Crippen LogP contribution in [0.3, 0.4) is 0 Å². The third-order valence-electron chi connectivity index (χ3n) is 4.38. The highest BCUT2D eigenvalue weighted by Crippen LogP contribution is 2.31. The Morgan fingerprint density at radius 3 is 2.41 bits per heavy atom. The molecule has 3 aromatic carbocycles. The second kappa shape index (κ2) is 7.62. The molecule has 4 rings (SSSR count). The van der Waals surface area contributed by atoms with Crippen LogP contribution in [0.5, 0.6) is 0 Å². The predicted octanol–water partition coefficient (Wildman–Crippen LogP) is 6.36. The van der Waals surface area contributed by atoms with E-state index in [-0.39, 0.29) is 21.8 Å². The summed E-state index contributed by atoms with van der Waals surface area (Å²) in [5.74, 6) is -1.18. The number of furan rings is 1. The van der Waals surface area contributed by atoms with E-state index in [9.17, 15) is 14.7 Å². The summed E-state index contributed by atoms with van der Waals surface area (Å²) in [6.45, 7) is 0. The molecule has 0 saturated heterocycles. The monoisotopic (exact) mass is 425 g/mol. The number of carboxylic acids is 1. The number of benzene rings is 3. The number of hydrogen-bond donors (Lipinski definition) is 2. The predicted molar refractivity (Wildman–Crippen MR) is 113 cm³/mol. The van der Waals surface area contributed by atoms with Gasteiger partial charge >= 0.3 is 5.97 Å². The molecule has 2 N–H and O–H groups in total. The van der Waals surface area contributed by atoms with Gasteiger partial charge in [0.1, 0.15) is 11.3 Å². The SMILES string of the molecule is O=C(Nc1ccc(-c2cc3ccccc3o2)cc1C(=O)O)c1ccc(Cl)cc1Cl. The molecule has 0 fully saturated rings. The van der Waals surface area contributed by atoms with Gasteiger partial charge in [-0.15, -0.1) is 0 Å². The van der Waals surface area contributed by atoms with Crippen molar-refractivity contribution in [3.63, 3.8) is 0 Å². The Morgan fingerprint density at radius 2 is 1.69 bits per heavy atom. The van der Waals surface area contributed by atoms with Gasteiger partial charge in [-0.25, -0.2) is 4.79 Å². The van der Waals surface area contributed by atoms with Crippen LogP contribution in [0.1, 0.15) is 20.7 Å². The molecule has 1 heterocycles. The normalized spacial score (nSPS) is 10.8. The number of fused-ring (bicyclic) bond motifs is 1. The lowest BCUT2D eigenvalue weighted by Gasteiger charge is -2.11. The van der Waals surface area contributed by atoms with Crippen LogP contribution >= 0.6 is 23.2 Å². The molecular weight excluding hydrogens is 413 g/mol. The van der Waals surface area contributed by atoms with Crippen molar-refractivity contribution in [3.8, 4) is 11.3 Å². The van der Waals surface area contributed by atoms with E-state index in [4.69, 9.17) is 27.6 Å². The molecule has 0 bridgehead atoms. The van der Waals surface area contributed by atoms with Gasteiger partial charge in [-0.05, 0) is 48.5 Å². The molecule has 0 aliphatic rings. The van der Waals surface area contributed by atoms with Crippen molar-refractivity contribution in [3.05, 3.63) is 87.9 Å². The van der Waals surface area contributed by atoms with Crippen molar-refractivity contribution in [2.75, 3.05) is 5.32 Å². The smallest absolute Gasteiger partial charge is 0.337 e. The molecule has 144 valence electrons. The maximum Gasteiger partial charge on any atom is 0.337 e. The fourth-order valence-corrected chi connectivity index (χ4v) is 3.47. The van der Waals surface area contributed by atoms with Gasteiger partial charge < -0.3 is 14.8 Å². The van der Waals surface area contributed by atoms with Crippen LogP contribution in [0.2, 0.25) is 10.0 Å². The molecule has 4 aromatic rings. The first-order valence-corrected chi connectivity index (χ1v) is 9.30. The van der Waals surface area contributed by atoms with E-state index in [0.717, 1.165) is 5.39 Å². The summed E-state index contributed by atoms with van der Waals surface area (Å²) in [7, 11) is 0. The average molecular weight is 426 g/mol. The highest BCUT2D eigenvalue weighted by Gasteiger charge is 2.18. The second-order valence-corrected chi connectivity index (χ2v) is 7.14. The fraction of sp³-hybridized carbons (Fsp3) is 0. The van der Waals surface area contributed by atoms with E-state index in [1.165, 1.54) is 30.3 Å². The number of carbonyl (C=O) groups excluding carboxylic acids is 1. The van der Waals surface area contributed by atoms with Gasteiger partial charge in [0.25, 0.3) is 5.91 Å². The Morgan fingerprint density at radius 1 is 0.897 bits per heavy atom. The number of aromatic carboxylic acids is 1. The maximum atomic E-state index is 12.5. The third kappa shape index (κ3) is 3.83. The Hall–Kier alpha value is -3.28. The van der Waals surface area contributed by atoms with Crippen LogP contribution in [0.15, 0.2) is 71.1 Å². The molecule has 1 aromatic heterocycles. The number of hydrogen-bond acceptors (Lipinski definition) is 3. The summed E-state index contributed by atoms with van der Waals surface area (Å²) in [5.41, 5.74) is 1.55. The molecule has 0 saturated carbocycles. The van der Waals surface area contributed by atoms with Crippen LogP contribution < -0.4 is 5.32 Å². The number of carboxylic acid groups (broad SMARTS) is 1. The lowest BCUT2D eigenvalue weighted by atomic mass is 10.1. The van der Waals surface area contributed by atoms with Crippen LogP contribution in [0.4, 0.5) is 5.69 Å². The highest BCUT2D eigenvalue weighted by molar-refractivity contribution is 6.37. The summed E-state index contributed by atoms with van der Waals surface area (Å²) < 4.78 is 5.80. The number of halogens is 2. The van der Waals surface area contributed by atoms with Gasteiger partial charge in [-0.1, -0.05) is 41.4 Å². The first-order chi connectivity index (χ1) is 13.9. The quantitative estimate of drug-likeness (QED) is 0.398. The fourth-order valence-electron chi connectivity index (χ4n) is 2.97. The van der Waals surface area contributed by atoms with Crippen LogP contribution in [0, 0.1) is 0 Å². The molecule has 5 nitrogen and oxygen atoms in total. The molecular formula is C22H13Cl2NO4. The molecule has 0 spiro atoms. The van der Waals surface area contributed by atoms with Crippen molar-refractivity contribution in [1.82, 2.24) is 0 Å². The zero-order chi connectivity index (χ0) is 20.5. The van der Waals surface area contributed by atoms with E-state index < -0.39 is 11.9 Å². The van der Waals surface area contributed by atoms with Gasteiger partial charge in [0, 0.05) is 16.0 Å². The van der Waals surface area contributed by atoms with Crippen molar-refractivity contribution < 1.29 is 19.1 Å². The van der Waals surface area contributed by atoms with Crippen LogP contribution in [0.25, 0.3) is 22.3 Å². The van der Waals surface area contributed by atoms with Crippen molar-refractivity contribution in [1.29, 1.82) is 0 Å². The van der Waals surface area contributed by atoms with Gasteiger partial charge in [-0.2, -0.15) is 0 Å². The Kier molecular flexibility index (Phi) is 5.01. The average Bonchev–Trinajstić information content (AvgIpc) is 3.12. The Labute approximate surface area is 175 Å². The Balaban J connectivity index is 1.69. The Bertz CT molecular complexity index is 1230. The minimum Gasteiger partial charge on any atom is -0.478 e. The standard InChI is InChI=1S/C22H13Cl2NO4/c23-14-6-7-15(17(24)11-14)21(26)25-18-8-5-13(9-16(18)22(27)28)20-10-12-3-1-2-4-19(12)29-20/h1-11H,(H,25,26)(H,27,28). The van der Waals surface area contributed by atoms with Gasteiger partial charge in [0.15, 0.2) is 0 Å². The number of nitrogens with one attached hydrogen (secondary N) is 1. The number of anilines is 1. The van der Waals surface area contributed by atoms with Gasteiger partial charge in [-0.3, -0.25) is 4.79 Å². The second-order valence-electron chi connectivity index (χ2n) is 6.29. The van der Waals surface area contributed by atoms with Crippen LogP contribution in [-0.2, 0) is 0 Å². The molecule has 0 aliphatic heterocycles. The van der Waals surface area contributed by atoms with E-state index in [2.05, 4.69) is 5.32 Å². The molecule has 0 atom stereocenters. The zero-order valence-electron chi connectivity index (χ0n) is 14.8. The van der Waals surface area contributed by atoms with Crippen molar-refractivity contribution >= 4 is 51.7 Å². The largest absolute Gasteiger partial charge is 0.478 e. The molecule has 0 aliphatic carbocycles. The first kappa shape index (κ1) is 19.1. The lowest BCUT2D eigenvalue weighted by Crippen LogP contribution is -2.15. The summed E-state index contributed by atoms with van der Waals surface area (Å²) in [6, 6.07) is 18.4. The molecule has 29 heavy (non-hydrogen) atoms. The van der Waals surface area contributed by atoms with Crippen LogP contribution in [-0.4, -0.2) is 17.0 Å². The number of para-hydroxylation sites is 1. The highest BCUT2D eigenvalue weighted by atomic mass is 35.5. The molecule has 0 unspecified atom stereocenters. The van der Waals surface area contributed by atoms with Crippen molar-refractivity contribution in [2.24, 2.45) is 0 Å². The van der Waals surface area contributed by atoms with E-state index in [1.807, 2.05) is 30.3 Å². The molecule has 1 amide bonds. The number of rotatable bonds is 4. The summed E-state index contributed by atoms with van der Waals surface area (Å²) >= 11 is 11.9. The van der Waals surface area contributed by atoms with E-state index in [0.29, 0.717) is 21.9 Å². The van der Waals surface area contributed by atoms with E-state index in [1.54, 1.807) is 6.07 Å². The molecule has 7 heteroatoms. The summed E-state index contributed by atoms with van der Waals surface area (Å²) in [4.78, 5) is 24.3. The summed E-state index contributed by atoms with van der Waals surface area (Å²) in [5, 5.41) is 13.7. The zero-order valence-corrected chi connectivity index (χ0v) is 16.3. The van der Waals surface area contributed by atoms with Gasteiger partial charge in [0.05, 0.1) is 21.8 Å². The summed E-state index contributed by atoms with van der Waals surface area (Å²) in [6.07, 6.45) is 0. The van der Waals surface area contributed by atoms with Gasteiger partial charge in [0.2, 0.25) is 0 Å². The number of carbonyl (C=O) groups is 2. The lowest BCUT2D eigenvalue weighted by molar-refractivity contribution is 0.0698. The topological polar surface area (TPSA) is 79.5 Å². The number of amides is 1.